The van der Waals surface area contributed by atoms with Crippen molar-refractivity contribution in [3.8, 4) is 11.3 Å². The zero-order valence-electron chi connectivity index (χ0n) is 18.2. The first-order chi connectivity index (χ1) is 15.2. The number of benzene rings is 1. The molecule has 1 amide bonds. The fourth-order valence-electron chi connectivity index (χ4n) is 3.98. The number of hydrogen-bond donors (Lipinski definition) is 1. The normalized spacial score (nSPS) is 15.7. The van der Waals surface area contributed by atoms with Gasteiger partial charge in [0.2, 0.25) is 10.0 Å². The Morgan fingerprint density at radius 2 is 1.81 bits per heavy atom. The van der Waals surface area contributed by atoms with Gasteiger partial charge in [-0.1, -0.05) is 0 Å². The van der Waals surface area contributed by atoms with E-state index in [1.807, 2.05) is 0 Å². The molecule has 9 nitrogen and oxygen atoms in total. The van der Waals surface area contributed by atoms with Crippen LogP contribution in [0.2, 0.25) is 0 Å². The predicted octanol–water partition coefficient (Wildman–Crippen LogP) is 2.10. The van der Waals surface area contributed by atoms with Crippen LogP contribution in [0.15, 0.2) is 35.2 Å². The Kier molecular flexibility index (Phi) is 5.87. The van der Waals surface area contributed by atoms with Crippen molar-refractivity contribution >= 4 is 15.9 Å². The molecule has 1 fully saturated rings. The number of halogens is 1. The molecule has 0 saturated carbocycles. The fourth-order valence-corrected chi connectivity index (χ4v) is 5.78. The van der Waals surface area contributed by atoms with Crippen LogP contribution in [-0.4, -0.2) is 69.7 Å². The van der Waals surface area contributed by atoms with Gasteiger partial charge in [0.25, 0.3) is 5.91 Å². The second-order valence-electron chi connectivity index (χ2n) is 7.86. The summed E-state index contributed by atoms with van der Waals surface area (Å²) in [7, 11) is -2.03. The molecule has 0 bridgehead atoms. The summed E-state index contributed by atoms with van der Waals surface area (Å²) in [6.07, 6.45) is 0.517. The third kappa shape index (κ3) is 4.05. The van der Waals surface area contributed by atoms with Gasteiger partial charge in [0, 0.05) is 38.8 Å². The van der Waals surface area contributed by atoms with Gasteiger partial charge in [0.1, 0.15) is 16.4 Å². The van der Waals surface area contributed by atoms with Crippen LogP contribution in [0.4, 0.5) is 4.39 Å². The molecule has 11 heteroatoms. The molecule has 3 aromatic rings. The van der Waals surface area contributed by atoms with Crippen LogP contribution in [0, 0.1) is 19.7 Å². The summed E-state index contributed by atoms with van der Waals surface area (Å²) in [5, 5.41) is 11.1. The molecule has 0 atom stereocenters. The summed E-state index contributed by atoms with van der Waals surface area (Å²) >= 11 is 0. The van der Waals surface area contributed by atoms with Gasteiger partial charge in [-0.2, -0.15) is 14.5 Å². The van der Waals surface area contributed by atoms with Crippen molar-refractivity contribution < 1.29 is 17.6 Å². The van der Waals surface area contributed by atoms with E-state index in [1.165, 1.54) is 21.1 Å². The van der Waals surface area contributed by atoms with Gasteiger partial charge in [-0.25, -0.2) is 12.8 Å². The topological polar surface area (TPSA) is 104 Å². The second-order valence-corrected chi connectivity index (χ2v) is 9.73. The molecule has 0 unspecified atom stereocenters. The first-order valence-electron chi connectivity index (χ1n) is 10.3. The minimum absolute atomic E-state index is 0.195. The molecule has 1 aromatic carbocycles. The SMILES string of the molecule is Cc1n[nH]c(C)c1S(=O)(=O)N1CCCN(C(=O)c2cc(-c3ccc(F)cc3)nn2C)CC1. The largest absolute Gasteiger partial charge is 0.336 e. The standard InChI is InChI=1S/C21H25FN6O3S/c1-14-20(15(2)24-23-14)32(30,31)28-10-4-9-27(11-12-28)21(29)19-13-18(25-26(19)3)16-5-7-17(22)8-6-16/h5-8,13H,4,9-12H2,1-3H3,(H,23,24). The van der Waals surface area contributed by atoms with Crippen molar-refractivity contribution in [3.63, 3.8) is 0 Å². The number of aromatic amines is 1. The van der Waals surface area contributed by atoms with Crippen molar-refractivity contribution in [2.75, 3.05) is 26.2 Å². The van der Waals surface area contributed by atoms with E-state index >= 15 is 0 Å². The molecule has 0 spiro atoms. The number of H-pyrrole nitrogens is 1. The summed E-state index contributed by atoms with van der Waals surface area (Å²) in [4.78, 5) is 15.0. The lowest BCUT2D eigenvalue weighted by atomic mass is 10.1. The lowest BCUT2D eigenvalue weighted by Crippen LogP contribution is -2.38. The van der Waals surface area contributed by atoms with Gasteiger partial charge in [-0.05, 0) is 50.6 Å². The summed E-state index contributed by atoms with van der Waals surface area (Å²) in [5.74, 6) is -0.561. The minimum Gasteiger partial charge on any atom is -0.336 e. The van der Waals surface area contributed by atoms with Crippen LogP contribution >= 0.6 is 0 Å². The van der Waals surface area contributed by atoms with Crippen molar-refractivity contribution in [2.45, 2.75) is 25.2 Å². The second kappa shape index (κ2) is 8.47. The van der Waals surface area contributed by atoms with Crippen LogP contribution < -0.4 is 0 Å². The highest BCUT2D eigenvalue weighted by Gasteiger charge is 2.32. The Hall–Kier alpha value is -3.05. The zero-order chi connectivity index (χ0) is 23.0. The molecule has 4 rings (SSSR count). The van der Waals surface area contributed by atoms with Crippen molar-refractivity contribution in [2.24, 2.45) is 7.05 Å². The highest BCUT2D eigenvalue weighted by atomic mass is 32.2. The van der Waals surface area contributed by atoms with E-state index in [2.05, 4.69) is 15.3 Å². The maximum atomic E-state index is 13.2. The lowest BCUT2D eigenvalue weighted by Gasteiger charge is -2.22. The number of amides is 1. The Labute approximate surface area is 185 Å². The predicted molar refractivity (Wildman–Crippen MR) is 116 cm³/mol. The van der Waals surface area contributed by atoms with Crippen LogP contribution in [0.1, 0.15) is 28.3 Å². The molecule has 2 aromatic heterocycles. The summed E-state index contributed by atoms with van der Waals surface area (Å²) < 4.78 is 42.4. The molecule has 1 N–H and O–H groups in total. The van der Waals surface area contributed by atoms with Crippen molar-refractivity contribution in [1.82, 2.24) is 29.2 Å². The molecule has 1 aliphatic heterocycles. The maximum Gasteiger partial charge on any atom is 0.272 e. The average Bonchev–Trinajstić information content (AvgIpc) is 3.18. The number of hydrogen-bond acceptors (Lipinski definition) is 5. The number of aryl methyl sites for hydroxylation is 3. The van der Waals surface area contributed by atoms with Crippen LogP contribution in [-0.2, 0) is 17.1 Å². The summed E-state index contributed by atoms with van der Waals surface area (Å²) in [6.45, 7) is 4.56. The Bertz CT molecular complexity index is 1230. The third-order valence-electron chi connectivity index (χ3n) is 5.64. The quantitative estimate of drug-likeness (QED) is 0.642. The molecule has 170 valence electrons. The fraction of sp³-hybridized carbons (Fsp3) is 0.381. The number of aromatic nitrogens is 4. The van der Waals surface area contributed by atoms with E-state index in [4.69, 9.17) is 0 Å². The van der Waals surface area contributed by atoms with Gasteiger partial charge in [-0.3, -0.25) is 14.6 Å². The highest BCUT2D eigenvalue weighted by Crippen LogP contribution is 2.24. The Morgan fingerprint density at radius 1 is 1.09 bits per heavy atom. The van der Waals surface area contributed by atoms with Crippen LogP contribution in [0.25, 0.3) is 11.3 Å². The van der Waals surface area contributed by atoms with Crippen molar-refractivity contribution in [1.29, 1.82) is 0 Å². The molecule has 1 saturated heterocycles. The summed E-state index contributed by atoms with van der Waals surface area (Å²) in [6, 6.07) is 7.59. The highest BCUT2D eigenvalue weighted by molar-refractivity contribution is 7.89. The van der Waals surface area contributed by atoms with E-state index < -0.39 is 10.0 Å². The number of nitrogens with zero attached hydrogens (tertiary/aromatic N) is 5. The smallest absolute Gasteiger partial charge is 0.272 e. The van der Waals surface area contributed by atoms with Gasteiger partial charge in [0.15, 0.2) is 0 Å². The van der Waals surface area contributed by atoms with E-state index in [0.29, 0.717) is 47.8 Å². The van der Waals surface area contributed by atoms with E-state index in [-0.39, 0.29) is 29.7 Å². The van der Waals surface area contributed by atoms with Crippen LogP contribution in [0.3, 0.4) is 0 Å². The maximum absolute atomic E-state index is 13.2. The molecule has 1 aliphatic rings. The molecular formula is C21H25FN6O3S. The molecular weight excluding hydrogens is 435 g/mol. The molecule has 3 heterocycles. The van der Waals surface area contributed by atoms with Gasteiger partial charge in [0.05, 0.1) is 17.1 Å². The summed E-state index contributed by atoms with van der Waals surface area (Å²) in [5.41, 5.74) is 2.61. The van der Waals surface area contributed by atoms with Gasteiger partial charge < -0.3 is 4.90 Å². The first-order valence-corrected chi connectivity index (χ1v) is 11.7. The van der Waals surface area contributed by atoms with E-state index in [0.717, 1.165) is 0 Å². The zero-order valence-corrected chi connectivity index (χ0v) is 19.0. The number of rotatable bonds is 4. The van der Waals surface area contributed by atoms with Gasteiger partial charge in [-0.15, -0.1) is 0 Å². The molecule has 0 aliphatic carbocycles. The Morgan fingerprint density at radius 3 is 2.47 bits per heavy atom. The lowest BCUT2D eigenvalue weighted by molar-refractivity contribution is 0.0753. The third-order valence-corrected chi connectivity index (χ3v) is 7.80. The van der Waals surface area contributed by atoms with Crippen molar-refractivity contribution in [3.05, 3.63) is 53.2 Å². The Balaban J connectivity index is 1.52. The van der Waals surface area contributed by atoms with E-state index in [1.54, 1.807) is 44.0 Å². The average molecular weight is 461 g/mol. The number of sulfonamides is 1. The number of nitrogens with one attached hydrogen (secondary N) is 1. The van der Waals surface area contributed by atoms with E-state index in [9.17, 15) is 17.6 Å². The number of carbonyl (C=O) groups excluding carboxylic acids is 1. The van der Waals surface area contributed by atoms with Gasteiger partial charge >= 0.3 is 0 Å². The molecule has 0 radical (unpaired) electrons. The molecule has 32 heavy (non-hydrogen) atoms. The minimum atomic E-state index is -3.71. The van der Waals surface area contributed by atoms with Crippen LogP contribution in [0.5, 0.6) is 0 Å². The number of carbonyl (C=O) groups is 1. The monoisotopic (exact) mass is 460 g/mol. The first kappa shape index (κ1) is 22.2.